The number of ether oxygens (including phenoxy) is 1. The molecule has 0 bridgehead atoms. The van der Waals surface area contributed by atoms with Crippen molar-refractivity contribution in [3.63, 3.8) is 0 Å². The van der Waals surface area contributed by atoms with Gasteiger partial charge in [-0.15, -0.1) is 0 Å². The summed E-state index contributed by atoms with van der Waals surface area (Å²) in [5.41, 5.74) is 5.26. The third-order valence-corrected chi connectivity index (χ3v) is 2.40. The minimum atomic E-state index is -2.46. The van der Waals surface area contributed by atoms with E-state index in [-0.39, 0.29) is 6.61 Å². The van der Waals surface area contributed by atoms with Crippen molar-refractivity contribution in [1.29, 1.82) is 0 Å². The molecule has 0 aliphatic heterocycles. The molecule has 1 aromatic heterocycles. The molecule has 1 heterocycles. The number of hydrogen-bond donors (Lipinski definition) is 1. The summed E-state index contributed by atoms with van der Waals surface area (Å²) in [6.07, 6.45) is -1.46. The highest BCUT2D eigenvalue weighted by molar-refractivity contribution is 4.99. The Balaban J connectivity index is 2.41. The van der Waals surface area contributed by atoms with E-state index >= 15 is 0 Å². The molecule has 2 N–H and O–H groups in total. The number of alkyl halides is 2. The maximum atomic E-state index is 11.8. The van der Waals surface area contributed by atoms with Crippen molar-refractivity contribution in [2.24, 2.45) is 5.73 Å². The molecule has 0 saturated heterocycles. The van der Waals surface area contributed by atoms with Crippen molar-refractivity contribution in [1.82, 2.24) is 10.1 Å². The number of nitrogens with two attached hydrogens (primary N) is 1. The second-order valence-corrected chi connectivity index (χ2v) is 4.00. The maximum Gasteiger partial charge on any atom is 0.261 e. The van der Waals surface area contributed by atoms with Crippen LogP contribution in [-0.4, -0.2) is 29.8 Å². The second kappa shape index (κ2) is 6.02. The van der Waals surface area contributed by atoms with Crippen LogP contribution in [0, 0.1) is 0 Å². The normalized spacial score (nSPS) is 15.2. The molecule has 0 amide bonds. The SMILES string of the molecule is CCC(C)(N)c1nc(CCOCC(F)F)no1. The van der Waals surface area contributed by atoms with E-state index in [1.54, 1.807) is 6.92 Å². The fraction of sp³-hybridized carbons (Fsp3) is 0.800. The Hall–Kier alpha value is -1.08. The van der Waals surface area contributed by atoms with Crippen LogP contribution in [0.2, 0.25) is 0 Å². The van der Waals surface area contributed by atoms with Crippen LogP contribution in [0.25, 0.3) is 0 Å². The van der Waals surface area contributed by atoms with E-state index in [4.69, 9.17) is 15.0 Å². The summed E-state index contributed by atoms with van der Waals surface area (Å²) in [6.45, 7) is 3.26. The van der Waals surface area contributed by atoms with Gasteiger partial charge in [0.2, 0.25) is 5.89 Å². The van der Waals surface area contributed by atoms with Crippen LogP contribution in [0.15, 0.2) is 4.52 Å². The Morgan fingerprint density at radius 3 is 2.82 bits per heavy atom. The molecular weight excluding hydrogens is 232 g/mol. The van der Waals surface area contributed by atoms with Crippen molar-refractivity contribution in [3.05, 3.63) is 11.7 Å². The van der Waals surface area contributed by atoms with E-state index in [1.165, 1.54) is 0 Å². The van der Waals surface area contributed by atoms with Crippen molar-refractivity contribution >= 4 is 0 Å². The smallest absolute Gasteiger partial charge is 0.261 e. The average Bonchev–Trinajstić information content (AvgIpc) is 2.73. The van der Waals surface area contributed by atoms with E-state index in [0.29, 0.717) is 24.6 Å². The average molecular weight is 249 g/mol. The molecule has 98 valence electrons. The Morgan fingerprint density at radius 2 is 2.24 bits per heavy atom. The number of halogens is 2. The number of rotatable bonds is 7. The van der Waals surface area contributed by atoms with E-state index in [2.05, 4.69) is 10.1 Å². The molecule has 0 saturated carbocycles. The Morgan fingerprint density at radius 1 is 1.53 bits per heavy atom. The van der Waals surface area contributed by atoms with E-state index < -0.39 is 18.6 Å². The van der Waals surface area contributed by atoms with E-state index in [0.717, 1.165) is 0 Å². The van der Waals surface area contributed by atoms with Crippen LogP contribution in [0.4, 0.5) is 8.78 Å². The van der Waals surface area contributed by atoms with Gasteiger partial charge in [-0.05, 0) is 13.3 Å². The fourth-order valence-corrected chi connectivity index (χ4v) is 1.07. The Bertz CT molecular complexity index is 342. The molecule has 0 fully saturated rings. The van der Waals surface area contributed by atoms with Crippen molar-refractivity contribution in [2.45, 2.75) is 38.7 Å². The lowest BCUT2D eigenvalue weighted by Gasteiger charge is -2.16. The summed E-state index contributed by atoms with van der Waals surface area (Å²) in [5, 5.41) is 3.71. The van der Waals surface area contributed by atoms with Crippen molar-refractivity contribution in [3.8, 4) is 0 Å². The third-order valence-electron chi connectivity index (χ3n) is 2.40. The van der Waals surface area contributed by atoms with Crippen LogP contribution in [0.5, 0.6) is 0 Å². The Kier molecular flexibility index (Phi) is 4.95. The van der Waals surface area contributed by atoms with Gasteiger partial charge in [0.25, 0.3) is 6.43 Å². The number of nitrogens with zero attached hydrogens (tertiary/aromatic N) is 2. The minimum absolute atomic E-state index is 0.136. The molecule has 0 aliphatic carbocycles. The molecule has 5 nitrogen and oxygen atoms in total. The predicted octanol–water partition coefficient (Wildman–Crippen LogP) is 1.48. The largest absolute Gasteiger partial charge is 0.375 e. The Labute approximate surface area is 98.3 Å². The summed E-state index contributed by atoms with van der Waals surface area (Å²) in [4.78, 5) is 4.10. The van der Waals surface area contributed by atoms with Gasteiger partial charge in [0.15, 0.2) is 5.82 Å². The molecule has 0 spiro atoms. The molecule has 17 heavy (non-hydrogen) atoms. The van der Waals surface area contributed by atoms with E-state index in [9.17, 15) is 8.78 Å². The first kappa shape index (κ1) is 14.0. The summed E-state index contributed by atoms with van der Waals surface area (Å²) in [5.74, 6) is 0.767. The summed E-state index contributed by atoms with van der Waals surface area (Å²) < 4.78 is 33.3. The van der Waals surface area contributed by atoms with Gasteiger partial charge in [0.05, 0.1) is 12.1 Å². The summed E-state index contributed by atoms with van der Waals surface area (Å²) >= 11 is 0. The molecule has 7 heteroatoms. The minimum Gasteiger partial charge on any atom is -0.375 e. The van der Waals surface area contributed by atoms with Gasteiger partial charge in [-0.25, -0.2) is 8.78 Å². The summed E-state index contributed by atoms with van der Waals surface area (Å²) in [6, 6.07) is 0. The highest BCUT2D eigenvalue weighted by Gasteiger charge is 2.25. The molecule has 0 aliphatic rings. The lowest BCUT2D eigenvalue weighted by molar-refractivity contribution is 0.0182. The van der Waals surface area contributed by atoms with E-state index in [1.807, 2.05) is 6.92 Å². The maximum absolute atomic E-state index is 11.8. The van der Waals surface area contributed by atoms with Gasteiger partial charge in [-0.1, -0.05) is 12.1 Å². The first-order valence-electron chi connectivity index (χ1n) is 5.43. The van der Waals surface area contributed by atoms with Crippen LogP contribution in [0.1, 0.15) is 32.0 Å². The van der Waals surface area contributed by atoms with Crippen molar-refractivity contribution in [2.75, 3.05) is 13.2 Å². The van der Waals surface area contributed by atoms with Crippen LogP contribution < -0.4 is 5.73 Å². The van der Waals surface area contributed by atoms with Gasteiger partial charge >= 0.3 is 0 Å². The molecule has 1 rings (SSSR count). The van der Waals surface area contributed by atoms with Gasteiger partial charge in [0, 0.05) is 6.42 Å². The van der Waals surface area contributed by atoms with Crippen LogP contribution in [0.3, 0.4) is 0 Å². The third kappa shape index (κ3) is 4.35. The summed E-state index contributed by atoms with van der Waals surface area (Å²) in [7, 11) is 0. The molecular formula is C10H17F2N3O2. The monoisotopic (exact) mass is 249 g/mol. The number of hydrogen-bond acceptors (Lipinski definition) is 5. The first-order chi connectivity index (χ1) is 7.95. The van der Waals surface area contributed by atoms with Crippen LogP contribution >= 0.6 is 0 Å². The van der Waals surface area contributed by atoms with Gasteiger partial charge < -0.3 is 15.0 Å². The highest BCUT2D eigenvalue weighted by atomic mass is 19.3. The molecule has 1 unspecified atom stereocenters. The molecule has 1 atom stereocenters. The van der Waals surface area contributed by atoms with Crippen LogP contribution in [-0.2, 0) is 16.7 Å². The standard InChI is InChI=1S/C10H17F2N3O2/c1-3-10(2,13)9-14-8(15-17-9)4-5-16-6-7(11)12/h7H,3-6,13H2,1-2H3. The molecule has 0 aromatic carbocycles. The van der Waals surface area contributed by atoms with Gasteiger partial charge in [-0.3, -0.25) is 0 Å². The lowest BCUT2D eigenvalue weighted by Crippen LogP contribution is -2.32. The topological polar surface area (TPSA) is 74.2 Å². The molecule has 1 aromatic rings. The first-order valence-corrected chi connectivity index (χ1v) is 5.43. The quantitative estimate of drug-likeness (QED) is 0.741. The molecule has 0 radical (unpaired) electrons. The zero-order valence-electron chi connectivity index (χ0n) is 9.95. The zero-order chi connectivity index (χ0) is 12.9. The second-order valence-electron chi connectivity index (χ2n) is 4.00. The van der Waals surface area contributed by atoms with Crippen molar-refractivity contribution < 1.29 is 18.0 Å². The highest BCUT2D eigenvalue weighted by Crippen LogP contribution is 2.18. The predicted molar refractivity (Wildman–Crippen MR) is 56.7 cm³/mol. The van der Waals surface area contributed by atoms with Gasteiger partial charge in [0.1, 0.15) is 6.61 Å². The van der Waals surface area contributed by atoms with Gasteiger partial charge in [-0.2, -0.15) is 4.98 Å². The fourth-order valence-electron chi connectivity index (χ4n) is 1.07. The lowest BCUT2D eigenvalue weighted by atomic mass is 10.0. The number of aromatic nitrogens is 2. The zero-order valence-corrected chi connectivity index (χ0v) is 9.95.